The number of nitrogens with zero attached hydrogens (tertiary/aromatic N) is 1. The van der Waals surface area contributed by atoms with Crippen molar-refractivity contribution in [2.45, 2.75) is 19.3 Å². The largest absolute Gasteiger partial charge is 0.497 e. The molecule has 0 saturated carbocycles. The topological polar surface area (TPSA) is 21.7 Å². The molecule has 128 valence electrons. The van der Waals surface area contributed by atoms with Crippen LogP contribution in [-0.2, 0) is 6.42 Å². The smallest absolute Gasteiger partial charge is 0.119 e. The van der Waals surface area contributed by atoms with E-state index in [1.807, 2.05) is 24.3 Å². The molecule has 0 amide bonds. The van der Waals surface area contributed by atoms with Crippen molar-refractivity contribution >= 4 is 0 Å². The maximum atomic E-state index is 5.83. The van der Waals surface area contributed by atoms with Crippen LogP contribution in [-0.4, -0.2) is 38.3 Å². The summed E-state index contributed by atoms with van der Waals surface area (Å²) in [6, 6.07) is 18.7. The summed E-state index contributed by atoms with van der Waals surface area (Å²) in [4.78, 5) is 2.52. The van der Waals surface area contributed by atoms with E-state index in [4.69, 9.17) is 9.47 Å². The molecule has 0 atom stereocenters. The van der Waals surface area contributed by atoms with E-state index < -0.39 is 0 Å². The SMILES string of the molecule is COc1ccc(OCCN2CCC(Cc3ccccc3)CC2)cc1. The highest BCUT2D eigenvalue weighted by Crippen LogP contribution is 2.22. The molecule has 0 bridgehead atoms. The maximum absolute atomic E-state index is 5.83. The number of rotatable bonds is 7. The first-order valence-corrected chi connectivity index (χ1v) is 8.86. The van der Waals surface area contributed by atoms with Crippen LogP contribution in [0, 0.1) is 5.92 Å². The lowest BCUT2D eigenvalue weighted by atomic mass is 9.90. The first-order chi connectivity index (χ1) is 11.8. The summed E-state index contributed by atoms with van der Waals surface area (Å²) in [5, 5.41) is 0. The minimum Gasteiger partial charge on any atom is -0.497 e. The minimum absolute atomic E-state index is 0.746. The number of methoxy groups -OCH3 is 1. The Morgan fingerprint density at radius 3 is 2.25 bits per heavy atom. The van der Waals surface area contributed by atoms with Crippen LogP contribution in [0.4, 0.5) is 0 Å². The number of piperidine rings is 1. The van der Waals surface area contributed by atoms with Gasteiger partial charge in [-0.3, -0.25) is 4.90 Å². The summed E-state index contributed by atoms with van der Waals surface area (Å²) < 4.78 is 11.0. The standard InChI is InChI=1S/C21H27NO2/c1-23-20-7-9-21(10-8-20)24-16-15-22-13-11-19(12-14-22)17-18-5-3-2-4-6-18/h2-10,19H,11-17H2,1H3. The zero-order chi connectivity index (χ0) is 16.6. The number of ether oxygens (including phenoxy) is 2. The molecule has 0 unspecified atom stereocenters. The van der Waals surface area contributed by atoms with Crippen molar-refractivity contribution in [1.29, 1.82) is 0 Å². The predicted octanol–water partition coefficient (Wildman–Crippen LogP) is 4.03. The third-order valence-electron chi connectivity index (χ3n) is 4.81. The fourth-order valence-corrected chi connectivity index (χ4v) is 3.33. The van der Waals surface area contributed by atoms with Gasteiger partial charge in [-0.05, 0) is 68.1 Å². The second-order valence-corrected chi connectivity index (χ2v) is 6.50. The van der Waals surface area contributed by atoms with Crippen molar-refractivity contribution in [3.8, 4) is 11.5 Å². The average molecular weight is 325 g/mol. The highest BCUT2D eigenvalue weighted by atomic mass is 16.5. The lowest BCUT2D eigenvalue weighted by molar-refractivity contribution is 0.155. The Morgan fingerprint density at radius 1 is 0.917 bits per heavy atom. The van der Waals surface area contributed by atoms with Gasteiger partial charge in [-0.1, -0.05) is 30.3 Å². The quantitative estimate of drug-likeness (QED) is 0.767. The van der Waals surface area contributed by atoms with Crippen LogP contribution in [0.2, 0.25) is 0 Å². The van der Waals surface area contributed by atoms with E-state index in [2.05, 4.69) is 35.2 Å². The second-order valence-electron chi connectivity index (χ2n) is 6.50. The Balaban J connectivity index is 1.35. The van der Waals surface area contributed by atoms with Gasteiger partial charge in [0.15, 0.2) is 0 Å². The van der Waals surface area contributed by atoms with Crippen LogP contribution in [0.5, 0.6) is 11.5 Å². The summed E-state index contributed by atoms with van der Waals surface area (Å²) >= 11 is 0. The van der Waals surface area contributed by atoms with Crippen molar-refractivity contribution in [3.05, 3.63) is 60.2 Å². The van der Waals surface area contributed by atoms with Crippen molar-refractivity contribution in [1.82, 2.24) is 4.90 Å². The molecule has 0 aromatic heterocycles. The molecule has 1 aliphatic heterocycles. The molecule has 0 spiro atoms. The predicted molar refractivity (Wildman–Crippen MR) is 97.8 cm³/mol. The Labute approximate surface area is 145 Å². The number of hydrogen-bond donors (Lipinski definition) is 0. The lowest BCUT2D eigenvalue weighted by Gasteiger charge is -2.31. The highest BCUT2D eigenvalue weighted by molar-refractivity contribution is 5.31. The van der Waals surface area contributed by atoms with Gasteiger partial charge in [-0.2, -0.15) is 0 Å². The van der Waals surface area contributed by atoms with Crippen molar-refractivity contribution in [2.75, 3.05) is 33.4 Å². The van der Waals surface area contributed by atoms with Gasteiger partial charge in [0.05, 0.1) is 7.11 Å². The average Bonchev–Trinajstić information content (AvgIpc) is 2.65. The first kappa shape index (κ1) is 16.8. The van der Waals surface area contributed by atoms with Gasteiger partial charge in [-0.15, -0.1) is 0 Å². The van der Waals surface area contributed by atoms with E-state index in [1.54, 1.807) is 7.11 Å². The summed E-state index contributed by atoms with van der Waals surface area (Å²) in [6.45, 7) is 4.12. The normalized spacial score (nSPS) is 16.0. The van der Waals surface area contributed by atoms with E-state index in [1.165, 1.54) is 37.9 Å². The van der Waals surface area contributed by atoms with Crippen molar-refractivity contribution in [2.24, 2.45) is 5.92 Å². The molecule has 2 aromatic carbocycles. The minimum atomic E-state index is 0.746. The molecule has 2 aromatic rings. The molecule has 24 heavy (non-hydrogen) atoms. The molecule has 3 rings (SSSR count). The highest BCUT2D eigenvalue weighted by Gasteiger charge is 2.19. The van der Waals surface area contributed by atoms with Crippen LogP contribution in [0.15, 0.2) is 54.6 Å². The summed E-state index contributed by atoms with van der Waals surface area (Å²) in [6.07, 6.45) is 3.80. The molecule has 0 N–H and O–H groups in total. The van der Waals surface area contributed by atoms with Crippen molar-refractivity contribution < 1.29 is 9.47 Å². The van der Waals surface area contributed by atoms with Crippen LogP contribution in [0.25, 0.3) is 0 Å². The van der Waals surface area contributed by atoms with E-state index >= 15 is 0 Å². The third kappa shape index (κ3) is 5.00. The zero-order valence-electron chi connectivity index (χ0n) is 14.5. The molecule has 1 saturated heterocycles. The Bertz CT molecular complexity index is 589. The summed E-state index contributed by atoms with van der Waals surface area (Å²) in [7, 11) is 1.68. The summed E-state index contributed by atoms with van der Waals surface area (Å²) in [5.41, 5.74) is 1.47. The number of hydrogen-bond acceptors (Lipinski definition) is 3. The van der Waals surface area contributed by atoms with Gasteiger partial charge in [0, 0.05) is 6.54 Å². The lowest BCUT2D eigenvalue weighted by Crippen LogP contribution is -2.36. The Morgan fingerprint density at radius 2 is 1.58 bits per heavy atom. The summed E-state index contributed by atoms with van der Waals surface area (Å²) in [5.74, 6) is 2.60. The Hall–Kier alpha value is -2.00. The molecule has 3 heteroatoms. The fraction of sp³-hybridized carbons (Fsp3) is 0.429. The van der Waals surface area contributed by atoms with E-state index in [-0.39, 0.29) is 0 Å². The van der Waals surface area contributed by atoms with Gasteiger partial charge in [0.25, 0.3) is 0 Å². The van der Waals surface area contributed by atoms with E-state index in [0.29, 0.717) is 0 Å². The van der Waals surface area contributed by atoms with Crippen LogP contribution in [0.1, 0.15) is 18.4 Å². The molecule has 3 nitrogen and oxygen atoms in total. The third-order valence-corrected chi connectivity index (χ3v) is 4.81. The van der Waals surface area contributed by atoms with Crippen molar-refractivity contribution in [3.63, 3.8) is 0 Å². The molecular formula is C21H27NO2. The second kappa shape index (κ2) is 8.74. The number of likely N-dealkylation sites (tertiary alicyclic amines) is 1. The van der Waals surface area contributed by atoms with Gasteiger partial charge >= 0.3 is 0 Å². The molecule has 1 fully saturated rings. The zero-order valence-corrected chi connectivity index (χ0v) is 14.5. The van der Waals surface area contributed by atoms with E-state index in [0.717, 1.165) is 30.6 Å². The molecular weight excluding hydrogens is 298 g/mol. The number of benzene rings is 2. The molecule has 1 heterocycles. The van der Waals surface area contributed by atoms with E-state index in [9.17, 15) is 0 Å². The molecule has 0 radical (unpaired) electrons. The van der Waals surface area contributed by atoms with Crippen LogP contribution < -0.4 is 9.47 Å². The van der Waals surface area contributed by atoms with Crippen LogP contribution in [0.3, 0.4) is 0 Å². The first-order valence-electron chi connectivity index (χ1n) is 8.86. The van der Waals surface area contributed by atoms with Gasteiger partial charge in [0.1, 0.15) is 18.1 Å². The van der Waals surface area contributed by atoms with Gasteiger partial charge in [-0.25, -0.2) is 0 Å². The molecule has 1 aliphatic rings. The maximum Gasteiger partial charge on any atom is 0.119 e. The monoisotopic (exact) mass is 325 g/mol. The van der Waals surface area contributed by atoms with Crippen LogP contribution >= 0.6 is 0 Å². The van der Waals surface area contributed by atoms with Gasteiger partial charge < -0.3 is 9.47 Å². The Kier molecular flexibility index (Phi) is 6.13. The van der Waals surface area contributed by atoms with Gasteiger partial charge in [0.2, 0.25) is 0 Å². The fourth-order valence-electron chi connectivity index (χ4n) is 3.33. The molecule has 0 aliphatic carbocycles.